The highest BCUT2D eigenvalue weighted by Gasteiger charge is 2.11. The Labute approximate surface area is 129 Å². The van der Waals surface area contributed by atoms with Crippen LogP contribution in [0.15, 0.2) is 23.4 Å². The van der Waals surface area contributed by atoms with Gasteiger partial charge in [-0.05, 0) is 44.9 Å². The zero-order chi connectivity index (χ0) is 15.4. The zero-order valence-corrected chi connectivity index (χ0v) is 13.6. The van der Waals surface area contributed by atoms with Gasteiger partial charge < -0.3 is 9.88 Å². The molecule has 0 aliphatic carbocycles. The van der Waals surface area contributed by atoms with E-state index in [0.29, 0.717) is 5.75 Å². The molecular formula is C15H20N4OS. The van der Waals surface area contributed by atoms with Gasteiger partial charge in [0.2, 0.25) is 5.91 Å². The molecule has 0 saturated carbocycles. The molecule has 0 aliphatic rings. The van der Waals surface area contributed by atoms with Crippen molar-refractivity contribution in [2.24, 2.45) is 0 Å². The largest absolute Gasteiger partial charge is 0.325 e. The van der Waals surface area contributed by atoms with E-state index in [2.05, 4.69) is 15.5 Å². The lowest BCUT2D eigenvalue weighted by Crippen LogP contribution is -2.15. The molecule has 0 fully saturated rings. The number of thioether (sulfide) groups is 1. The van der Waals surface area contributed by atoms with Crippen LogP contribution in [0, 0.1) is 20.8 Å². The van der Waals surface area contributed by atoms with Crippen LogP contribution in [0.3, 0.4) is 0 Å². The summed E-state index contributed by atoms with van der Waals surface area (Å²) in [5, 5.41) is 11.9. The van der Waals surface area contributed by atoms with Crippen LogP contribution >= 0.6 is 11.8 Å². The van der Waals surface area contributed by atoms with E-state index in [1.807, 2.05) is 50.5 Å². The Balaban J connectivity index is 1.98. The van der Waals surface area contributed by atoms with E-state index >= 15 is 0 Å². The monoisotopic (exact) mass is 304 g/mol. The van der Waals surface area contributed by atoms with E-state index in [1.54, 1.807) is 0 Å². The lowest BCUT2D eigenvalue weighted by Gasteiger charge is -2.10. The third-order valence-electron chi connectivity index (χ3n) is 3.43. The first kappa shape index (κ1) is 15.6. The number of carbonyl (C=O) groups excluding carboxylic acids is 1. The Bertz CT molecular complexity index is 651. The maximum Gasteiger partial charge on any atom is 0.234 e. The highest BCUT2D eigenvalue weighted by atomic mass is 32.2. The number of amides is 1. The van der Waals surface area contributed by atoms with Crippen molar-refractivity contribution in [3.63, 3.8) is 0 Å². The Morgan fingerprint density at radius 2 is 2.05 bits per heavy atom. The minimum Gasteiger partial charge on any atom is -0.325 e. The van der Waals surface area contributed by atoms with E-state index in [4.69, 9.17) is 0 Å². The molecule has 1 N–H and O–H groups in total. The summed E-state index contributed by atoms with van der Waals surface area (Å²) in [5.41, 5.74) is 3.14. The van der Waals surface area contributed by atoms with Gasteiger partial charge in [0.15, 0.2) is 5.16 Å². The predicted molar refractivity (Wildman–Crippen MR) is 85.7 cm³/mol. The van der Waals surface area contributed by atoms with Gasteiger partial charge in [0.05, 0.1) is 5.75 Å². The molecule has 112 valence electrons. The highest BCUT2D eigenvalue weighted by molar-refractivity contribution is 7.99. The lowest BCUT2D eigenvalue weighted by molar-refractivity contribution is -0.113. The van der Waals surface area contributed by atoms with Gasteiger partial charge in [0, 0.05) is 12.2 Å². The maximum absolute atomic E-state index is 12.1. The van der Waals surface area contributed by atoms with Crippen LogP contribution in [-0.4, -0.2) is 26.4 Å². The number of anilines is 1. The maximum atomic E-state index is 12.1. The molecule has 2 aromatic rings. The molecule has 0 spiro atoms. The highest BCUT2D eigenvalue weighted by Crippen LogP contribution is 2.20. The number of carbonyl (C=O) groups is 1. The molecule has 1 aromatic heterocycles. The summed E-state index contributed by atoms with van der Waals surface area (Å²) in [6, 6.07) is 5.90. The third-order valence-corrected chi connectivity index (χ3v) is 4.40. The molecular weight excluding hydrogens is 284 g/mol. The van der Waals surface area contributed by atoms with Crippen molar-refractivity contribution in [3.05, 3.63) is 35.2 Å². The van der Waals surface area contributed by atoms with Gasteiger partial charge in [-0.3, -0.25) is 4.79 Å². The molecule has 1 aromatic carbocycles. The van der Waals surface area contributed by atoms with Gasteiger partial charge in [0.1, 0.15) is 5.82 Å². The molecule has 2 rings (SSSR count). The van der Waals surface area contributed by atoms with Crippen LogP contribution < -0.4 is 5.32 Å². The quantitative estimate of drug-likeness (QED) is 0.863. The fraction of sp³-hybridized carbons (Fsp3) is 0.400. The van der Waals surface area contributed by atoms with Crippen LogP contribution in [0.1, 0.15) is 23.9 Å². The molecule has 0 atom stereocenters. The summed E-state index contributed by atoms with van der Waals surface area (Å²) in [6.07, 6.45) is 0. The van der Waals surface area contributed by atoms with E-state index in [0.717, 1.165) is 28.8 Å². The number of aryl methyl sites for hydroxylation is 2. The smallest absolute Gasteiger partial charge is 0.234 e. The van der Waals surface area contributed by atoms with Crippen molar-refractivity contribution >= 4 is 23.4 Å². The first-order chi connectivity index (χ1) is 10.0. The lowest BCUT2D eigenvalue weighted by atomic mass is 10.1. The van der Waals surface area contributed by atoms with Gasteiger partial charge >= 0.3 is 0 Å². The molecule has 0 aliphatic heterocycles. The number of hydrogen-bond donors (Lipinski definition) is 1. The first-order valence-corrected chi connectivity index (χ1v) is 7.90. The number of benzene rings is 1. The summed E-state index contributed by atoms with van der Waals surface area (Å²) in [4.78, 5) is 12.1. The molecule has 21 heavy (non-hydrogen) atoms. The van der Waals surface area contributed by atoms with Crippen LogP contribution in [0.25, 0.3) is 0 Å². The van der Waals surface area contributed by atoms with Gasteiger partial charge in [-0.1, -0.05) is 23.9 Å². The van der Waals surface area contributed by atoms with Crippen molar-refractivity contribution in [2.75, 3.05) is 11.1 Å². The van der Waals surface area contributed by atoms with Gasteiger partial charge in [0.25, 0.3) is 0 Å². The van der Waals surface area contributed by atoms with Crippen LogP contribution in [0.4, 0.5) is 5.69 Å². The first-order valence-electron chi connectivity index (χ1n) is 6.91. The Hall–Kier alpha value is -1.82. The Kier molecular flexibility index (Phi) is 5.01. The minimum absolute atomic E-state index is 0.0305. The molecule has 6 heteroatoms. The Morgan fingerprint density at radius 1 is 1.29 bits per heavy atom. The van der Waals surface area contributed by atoms with Crippen molar-refractivity contribution in [2.45, 2.75) is 39.4 Å². The van der Waals surface area contributed by atoms with E-state index in [9.17, 15) is 4.79 Å². The molecule has 0 unspecified atom stereocenters. The molecule has 1 amide bonds. The fourth-order valence-electron chi connectivity index (χ4n) is 2.04. The van der Waals surface area contributed by atoms with E-state index in [1.165, 1.54) is 17.3 Å². The Morgan fingerprint density at radius 3 is 2.76 bits per heavy atom. The molecule has 0 bridgehead atoms. The van der Waals surface area contributed by atoms with Crippen LogP contribution in [-0.2, 0) is 11.3 Å². The average Bonchev–Trinajstić information content (AvgIpc) is 2.82. The second kappa shape index (κ2) is 6.76. The van der Waals surface area contributed by atoms with Gasteiger partial charge in [-0.25, -0.2) is 0 Å². The SMILES string of the molecule is CCn1c(C)nnc1SCC(=O)Nc1cccc(C)c1C. The number of rotatable bonds is 5. The second-order valence-electron chi connectivity index (χ2n) is 4.86. The third kappa shape index (κ3) is 3.64. The number of hydrogen-bond acceptors (Lipinski definition) is 4. The minimum atomic E-state index is -0.0305. The average molecular weight is 304 g/mol. The predicted octanol–water partition coefficient (Wildman–Crippen LogP) is 2.95. The van der Waals surface area contributed by atoms with Gasteiger partial charge in [-0.2, -0.15) is 0 Å². The fourth-order valence-corrected chi connectivity index (χ4v) is 2.88. The molecule has 0 saturated heterocycles. The topological polar surface area (TPSA) is 59.8 Å². The summed E-state index contributed by atoms with van der Waals surface area (Å²) < 4.78 is 2.00. The van der Waals surface area contributed by atoms with E-state index in [-0.39, 0.29) is 5.91 Å². The van der Waals surface area contributed by atoms with Crippen molar-refractivity contribution < 1.29 is 4.79 Å². The number of aromatic nitrogens is 3. The summed E-state index contributed by atoms with van der Waals surface area (Å²) >= 11 is 1.41. The van der Waals surface area contributed by atoms with Crippen molar-refractivity contribution in [3.8, 4) is 0 Å². The van der Waals surface area contributed by atoms with Crippen molar-refractivity contribution in [1.29, 1.82) is 0 Å². The summed E-state index contributed by atoms with van der Waals surface area (Å²) in [5.74, 6) is 1.16. The van der Waals surface area contributed by atoms with Crippen LogP contribution in [0.5, 0.6) is 0 Å². The molecule has 5 nitrogen and oxygen atoms in total. The normalized spacial score (nSPS) is 10.7. The standard InChI is InChI=1S/C15H20N4OS/c1-5-19-12(4)17-18-15(19)21-9-14(20)16-13-8-6-7-10(2)11(13)3/h6-8H,5,9H2,1-4H3,(H,16,20). The molecule has 0 radical (unpaired) electrons. The van der Waals surface area contributed by atoms with Gasteiger partial charge in [-0.15, -0.1) is 10.2 Å². The zero-order valence-electron chi connectivity index (χ0n) is 12.8. The second-order valence-corrected chi connectivity index (χ2v) is 5.80. The van der Waals surface area contributed by atoms with E-state index < -0.39 is 0 Å². The van der Waals surface area contributed by atoms with Crippen LogP contribution in [0.2, 0.25) is 0 Å². The number of nitrogens with one attached hydrogen (secondary N) is 1. The summed E-state index contributed by atoms with van der Waals surface area (Å²) in [7, 11) is 0. The molecule has 1 heterocycles. The summed E-state index contributed by atoms with van der Waals surface area (Å²) in [6.45, 7) is 8.80. The number of nitrogens with zero attached hydrogens (tertiary/aromatic N) is 3. The van der Waals surface area contributed by atoms with Crippen molar-refractivity contribution in [1.82, 2.24) is 14.8 Å².